The SMILES string of the molecule is Cc1ccnc(-c2ccc(O)c3c2C[C@@H]2C[C@@H]4[C@@H](N(C)C)C(O)=C(C(N)=O)C(=O)[C@]4(O)C(O)=C2C3=O)c1. The first-order valence-electron chi connectivity index (χ1n) is 11.8. The number of hydrogen-bond acceptors (Lipinski definition) is 9. The summed E-state index contributed by atoms with van der Waals surface area (Å²) >= 11 is 0. The van der Waals surface area contributed by atoms with Crippen molar-refractivity contribution in [1.82, 2.24) is 9.88 Å². The minimum absolute atomic E-state index is 0.0299. The average molecular weight is 506 g/mol. The third kappa shape index (κ3) is 3.32. The Bertz CT molecular complexity index is 1460. The largest absolute Gasteiger partial charge is 0.510 e. The van der Waals surface area contributed by atoms with Crippen LogP contribution in [-0.4, -0.2) is 73.5 Å². The minimum atomic E-state index is -2.66. The Hall–Kier alpha value is -4.02. The number of ketones is 2. The number of fused-ring (bicyclic) bond motifs is 3. The summed E-state index contributed by atoms with van der Waals surface area (Å²) in [6.45, 7) is 1.91. The van der Waals surface area contributed by atoms with Crippen LogP contribution in [0.4, 0.5) is 0 Å². The van der Waals surface area contributed by atoms with Gasteiger partial charge in [-0.25, -0.2) is 0 Å². The molecule has 0 aliphatic heterocycles. The van der Waals surface area contributed by atoms with Gasteiger partial charge in [-0.05, 0) is 75.2 Å². The van der Waals surface area contributed by atoms with Crippen molar-refractivity contribution in [3.63, 3.8) is 0 Å². The number of rotatable bonds is 3. The van der Waals surface area contributed by atoms with Crippen LogP contribution in [0.2, 0.25) is 0 Å². The van der Waals surface area contributed by atoms with E-state index in [9.17, 15) is 34.8 Å². The molecule has 1 aromatic carbocycles. The highest BCUT2D eigenvalue weighted by Gasteiger charge is 2.63. The van der Waals surface area contributed by atoms with E-state index in [1.54, 1.807) is 26.4 Å². The molecule has 0 bridgehead atoms. The molecule has 3 aliphatic carbocycles. The molecule has 192 valence electrons. The third-order valence-corrected chi connectivity index (χ3v) is 7.80. The van der Waals surface area contributed by atoms with Crippen LogP contribution in [0.3, 0.4) is 0 Å². The molecule has 1 aromatic heterocycles. The number of benzene rings is 1. The van der Waals surface area contributed by atoms with Gasteiger partial charge in [0.25, 0.3) is 5.91 Å². The smallest absolute Gasteiger partial charge is 0.255 e. The van der Waals surface area contributed by atoms with Gasteiger partial charge in [0, 0.05) is 23.3 Å². The molecule has 0 saturated carbocycles. The highest BCUT2D eigenvalue weighted by atomic mass is 16.3. The monoisotopic (exact) mass is 505 g/mol. The first kappa shape index (κ1) is 24.7. The van der Waals surface area contributed by atoms with Crippen LogP contribution in [0.1, 0.15) is 27.9 Å². The van der Waals surface area contributed by atoms with Crippen molar-refractivity contribution in [2.75, 3.05) is 14.1 Å². The van der Waals surface area contributed by atoms with E-state index in [1.807, 2.05) is 19.1 Å². The first-order chi connectivity index (χ1) is 17.4. The van der Waals surface area contributed by atoms with Crippen molar-refractivity contribution in [3.8, 4) is 17.0 Å². The minimum Gasteiger partial charge on any atom is -0.510 e. The number of hydrogen-bond donors (Lipinski definition) is 5. The van der Waals surface area contributed by atoms with Gasteiger partial charge in [0.05, 0.1) is 17.3 Å². The number of aliphatic hydroxyl groups is 3. The van der Waals surface area contributed by atoms with E-state index in [4.69, 9.17) is 5.73 Å². The molecule has 0 fully saturated rings. The Balaban J connectivity index is 1.73. The Morgan fingerprint density at radius 1 is 1.16 bits per heavy atom. The Labute approximate surface area is 212 Å². The highest BCUT2D eigenvalue weighted by molar-refractivity contribution is 6.24. The lowest BCUT2D eigenvalue weighted by molar-refractivity contribution is -0.148. The van der Waals surface area contributed by atoms with E-state index < -0.39 is 58.0 Å². The molecule has 5 rings (SSSR count). The van der Waals surface area contributed by atoms with E-state index in [0.29, 0.717) is 16.8 Å². The quantitative estimate of drug-likeness (QED) is 0.387. The number of aryl methyl sites for hydroxylation is 1. The summed E-state index contributed by atoms with van der Waals surface area (Å²) in [5.41, 5.74) is 4.38. The van der Waals surface area contributed by atoms with Crippen molar-refractivity contribution in [2.24, 2.45) is 17.6 Å². The zero-order valence-corrected chi connectivity index (χ0v) is 20.5. The third-order valence-electron chi connectivity index (χ3n) is 7.80. The number of phenolic OH excluding ortho intramolecular Hbond substituents is 1. The van der Waals surface area contributed by atoms with Crippen LogP contribution in [0.25, 0.3) is 11.3 Å². The second kappa shape index (κ2) is 8.25. The summed E-state index contributed by atoms with van der Waals surface area (Å²) in [7, 11) is 3.18. The summed E-state index contributed by atoms with van der Waals surface area (Å²) in [6.07, 6.45) is 1.88. The summed E-state index contributed by atoms with van der Waals surface area (Å²) in [5, 5.41) is 44.5. The van der Waals surface area contributed by atoms with Crippen molar-refractivity contribution in [2.45, 2.75) is 31.4 Å². The highest BCUT2D eigenvalue weighted by Crippen LogP contribution is 2.53. The van der Waals surface area contributed by atoms with Crippen LogP contribution < -0.4 is 5.73 Å². The van der Waals surface area contributed by atoms with Crippen LogP contribution in [-0.2, 0) is 16.0 Å². The summed E-state index contributed by atoms with van der Waals surface area (Å²) in [5.74, 6) is -6.74. The second-order valence-corrected chi connectivity index (χ2v) is 10.2. The molecule has 4 atom stereocenters. The number of allylic oxidation sites excluding steroid dienone is 1. The number of aromatic hydroxyl groups is 1. The number of nitrogens with two attached hydrogens (primary N) is 1. The van der Waals surface area contributed by atoms with Crippen LogP contribution >= 0.6 is 0 Å². The number of aliphatic hydroxyl groups excluding tert-OH is 2. The lowest BCUT2D eigenvalue weighted by Gasteiger charge is -2.50. The van der Waals surface area contributed by atoms with Gasteiger partial charge in [0.2, 0.25) is 5.78 Å². The van der Waals surface area contributed by atoms with Gasteiger partial charge in [0.1, 0.15) is 22.8 Å². The molecule has 0 unspecified atom stereocenters. The lowest BCUT2D eigenvalue weighted by atomic mass is 9.58. The molecule has 1 heterocycles. The van der Waals surface area contributed by atoms with Crippen molar-refractivity contribution in [1.29, 1.82) is 0 Å². The molecule has 2 aromatic rings. The number of aromatic nitrogens is 1. The zero-order chi connectivity index (χ0) is 27.0. The maximum Gasteiger partial charge on any atom is 0.255 e. The Kier molecular flexibility index (Phi) is 5.50. The molecule has 10 nitrogen and oxygen atoms in total. The molecule has 3 aliphatic rings. The fourth-order valence-corrected chi connectivity index (χ4v) is 6.17. The molecule has 1 amide bonds. The lowest BCUT2D eigenvalue weighted by Crippen LogP contribution is -2.63. The summed E-state index contributed by atoms with van der Waals surface area (Å²) < 4.78 is 0. The normalized spacial score (nSPS) is 27.2. The standard InChI is InChI=1S/C27H27N3O7/c1-11-6-7-29-16(8-11)13-4-5-17(31)19-14(13)9-12-10-15-21(30(2)3)23(33)20(26(28)36)25(35)27(15,37)24(34)18(12)22(19)32/h4-8,12,15,21,31,33-34,37H,9-10H2,1-3H3,(H2,28,36)/t12-,15-,21-,27-/m1/s1. The number of pyridine rings is 1. The number of nitrogens with zero attached hydrogens (tertiary/aromatic N) is 2. The summed E-state index contributed by atoms with van der Waals surface area (Å²) in [4.78, 5) is 45.1. The maximum atomic E-state index is 13.8. The van der Waals surface area contributed by atoms with Gasteiger partial charge in [-0.1, -0.05) is 0 Å². The van der Waals surface area contributed by atoms with E-state index >= 15 is 0 Å². The van der Waals surface area contributed by atoms with Crippen LogP contribution in [0.15, 0.2) is 53.1 Å². The van der Waals surface area contributed by atoms with Gasteiger partial charge in [0.15, 0.2) is 11.4 Å². The maximum absolute atomic E-state index is 13.8. The predicted molar refractivity (Wildman–Crippen MR) is 132 cm³/mol. The van der Waals surface area contributed by atoms with E-state index in [2.05, 4.69) is 4.98 Å². The van der Waals surface area contributed by atoms with E-state index in [1.165, 1.54) is 11.0 Å². The molecule has 37 heavy (non-hydrogen) atoms. The molecule has 0 saturated heterocycles. The molecule has 0 spiro atoms. The Morgan fingerprint density at radius 3 is 2.49 bits per heavy atom. The van der Waals surface area contributed by atoms with Crippen molar-refractivity contribution >= 4 is 17.5 Å². The van der Waals surface area contributed by atoms with Crippen LogP contribution in [0, 0.1) is 18.8 Å². The van der Waals surface area contributed by atoms with Gasteiger partial charge >= 0.3 is 0 Å². The number of carbonyl (C=O) groups is 3. The number of primary amides is 1. The van der Waals surface area contributed by atoms with Gasteiger partial charge in [-0.2, -0.15) is 0 Å². The zero-order valence-electron chi connectivity index (χ0n) is 20.5. The second-order valence-electron chi connectivity index (χ2n) is 10.2. The van der Waals surface area contributed by atoms with Crippen molar-refractivity contribution in [3.05, 3.63) is 69.8 Å². The summed E-state index contributed by atoms with van der Waals surface area (Å²) in [6, 6.07) is 5.71. The number of Topliss-reactive ketones (excluding diaryl/α,β-unsaturated/α-hetero) is 2. The van der Waals surface area contributed by atoms with Gasteiger partial charge in [-0.15, -0.1) is 0 Å². The molecular weight excluding hydrogens is 478 g/mol. The number of amides is 1. The molecular formula is C27H27N3O7. The van der Waals surface area contributed by atoms with E-state index in [-0.39, 0.29) is 29.7 Å². The molecule has 6 N–H and O–H groups in total. The van der Waals surface area contributed by atoms with Crippen LogP contribution in [0.5, 0.6) is 5.75 Å². The van der Waals surface area contributed by atoms with Gasteiger partial charge < -0.3 is 26.2 Å². The molecule has 10 heteroatoms. The fraction of sp³-hybridized carbons (Fsp3) is 0.333. The number of phenols is 1. The molecule has 0 radical (unpaired) electrons. The first-order valence-corrected chi connectivity index (χ1v) is 11.8. The Morgan fingerprint density at radius 2 is 1.86 bits per heavy atom. The number of likely N-dealkylation sites (N-methyl/N-ethyl adjacent to an activating group) is 1. The number of carbonyl (C=O) groups excluding carboxylic acids is 3. The topological polar surface area (TPSA) is 174 Å². The van der Waals surface area contributed by atoms with Crippen molar-refractivity contribution < 1.29 is 34.8 Å². The predicted octanol–water partition coefficient (Wildman–Crippen LogP) is 1.49. The van der Waals surface area contributed by atoms with E-state index in [0.717, 1.165) is 5.56 Å². The fourth-order valence-electron chi connectivity index (χ4n) is 6.17. The van der Waals surface area contributed by atoms with Gasteiger partial charge in [-0.3, -0.25) is 24.3 Å². The average Bonchev–Trinajstić information content (AvgIpc) is 2.81.